The van der Waals surface area contributed by atoms with Crippen LogP contribution in [0.15, 0.2) is 59.8 Å². The van der Waals surface area contributed by atoms with Crippen LogP contribution in [0.25, 0.3) is 22.5 Å². The number of H-pyrrole nitrogens is 1. The summed E-state index contributed by atoms with van der Waals surface area (Å²) in [6.07, 6.45) is 1.90. The molecular formula is C24H27N5O3. The number of unbranched alkanes of at least 4 members (excludes halogenated alkanes) is 1. The lowest BCUT2D eigenvalue weighted by Gasteiger charge is -2.25. The third kappa shape index (κ3) is 5.26. The van der Waals surface area contributed by atoms with E-state index in [1.807, 2.05) is 55.5 Å². The molecule has 0 atom stereocenters. The van der Waals surface area contributed by atoms with Gasteiger partial charge in [0.25, 0.3) is 0 Å². The molecule has 0 aliphatic rings. The maximum atomic E-state index is 12.8. The number of carboxylic acids is 1. The zero-order valence-electron chi connectivity index (χ0n) is 18.5. The van der Waals surface area contributed by atoms with Crippen molar-refractivity contribution in [3.05, 3.63) is 65.4 Å². The van der Waals surface area contributed by atoms with Crippen molar-refractivity contribution in [2.24, 2.45) is 0 Å². The number of nitrogens with zero attached hydrogens (tertiary/aromatic N) is 4. The van der Waals surface area contributed by atoms with Crippen LogP contribution >= 0.6 is 0 Å². The molecule has 166 valence electrons. The van der Waals surface area contributed by atoms with Crippen LogP contribution in [0.1, 0.15) is 45.6 Å². The van der Waals surface area contributed by atoms with E-state index in [2.05, 4.69) is 20.6 Å². The fourth-order valence-electron chi connectivity index (χ4n) is 3.54. The van der Waals surface area contributed by atoms with Gasteiger partial charge in [0.2, 0.25) is 5.91 Å². The van der Waals surface area contributed by atoms with Gasteiger partial charge in [-0.1, -0.05) is 61.9 Å². The molecule has 3 aromatic rings. The van der Waals surface area contributed by atoms with E-state index < -0.39 is 5.97 Å². The molecule has 1 aromatic heterocycles. The minimum absolute atomic E-state index is 0.0401. The van der Waals surface area contributed by atoms with Crippen LogP contribution in [0.2, 0.25) is 0 Å². The monoisotopic (exact) mass is 433 g/mol. The molecule has 3 rings (SSSR count). The Labute approximate surface area is 187 Å². The summed E-state index contributed by atoms with van der Waals surface area (Å²) in [6, 6.07) is 15.5. The van der Waals surface area contributed by atoms with Gasteiger partial charge in [-0.05, 0) is 53.0 Å². The van der Waals surface area contributed by atoms with Gasteiger partial charge in [0.15, 0.2) is 5.82 Å². The molecule has 0 radical (unpaired) electrons. The summed E-state index contributed by atoms with van der Waals surface area (Å²) >= 11 is 0. The molecule has 1 amide bonds. The highest BCUT2D eigenvalue weighted by Gasteiger charge is 2.24. The lowest BCUT2D eigenvalue weighted by molar-refractivity contribution is -0.140. The molecule has 2 N–H and O–H groups in total. The number of benzene rings is 2. The number of nitrogens with one attached hydrogen (secondary N) is 1. The SMILES string of the molecule is CCCCC(=O)N(Cc1ccc(-c2ccccc2-c2nnn[nH]2)cc1)C(C(=O)O)=C(C)C. The van der Waals surface area contributed by atoms with E-state index in [9.17, 15) is 14.7 Å². The van der Waals surface area contributed by atoms with Crippen molar-refractivity contribution in [2.75, 3.05) is 0 Å². The summed E-state index contributed by atoms with van der Waals surface area (Å²) in [4.78, 5) is 26.1. The topological polar surface area (TPSA) is 112 Å². The van der Waals surface area contributed by atoms with Crippen LogP contribution < -0.4 is 0 Å². The molecule has 2 aromatic carbocycles. The number of carboxylic acid groups (broad SMARTS) is 1. The standard InChI is InChI=1S/C24H27N5O3/c1-4-5-10-21(30)29(22(16(2)3)24(31)32)15-17-11-13-18(14-12-17)19-8-6-7-9-20(19)23-25-27-28-26-23/h6-9,11-14H,4-5,10,15H2,1-3H3,(H,31,32)(H,25,26,27,28). The van der Waals surface area contributed by atoms with Crippen molar-refractivity contribution in [3.63, 3.8) is 0 Å². The maximum Gasteiger partial charge on any atom is 0.352 e. The van der Waals surface area contributed by atoms with Crippen molar-refractivity contribution < 1.29 is 14.7 Å². The van der Waals surface area contributed by atoms with Gasteiger partial charge in [0, 0.05) is 12.0 Å². The van der Waals surface area contributed by atoms with Gasteiger partial charge >= 0.3 is 5.97 Å². The molecular weight excluding hydrogens is 406 g/mol. The average molecular weight is 434 g/mol. The quantitative estimate of drug-likeness (QED) is 0.483. The Hall–Kier alpha value is -3.81. The number of amides is 1. The van der Waals surface area contributed by atoms with Gasteiger partial charge < -0.3 is 10.0 Å². The van der Waals surface area contributed by atoms with E-state index in [-0.39, 0.29) is 18.1 Å². The molecule has 8 heteroatoms. The molecule has 8 nitrogen and oxygen atoms in total. The first-order valence-electron chi connectivity index (χ1n) is 10.6. The van der Waals surface area contributed by atoms with Crippen LogP contribution in [0.4, 0.5) is 0 Å². The predicted octanol–water partition coefficient (Wildman–Crippen LogP) is 4.43. The van der Waals surface area contributed by atoms with E-state index in [0.29, 0.717) is 17.8 Å². The molecule has 0 aliphatic heterocycles. The van der Waals surface area contributed by atoms with Gasteiger partial charge in [-0.3, -0.25) is 4.79 Å². The van der Waals surface area contributed by atoms with E-state index in [1.54, 1.807) is 13.8 Å². The number of carbonyl (C=O) groups excluding carboxylic acids is 1. The zero-order valence-corrected chi connectivity index (χ0v) is 18.5. The number of carbonyl (C=O) groups is 2. The lowest BCUT2D eigenvalue weighted by Crippen LogP contribution is -2.34. The Morgan fingerprint density at radius 1 is 1.03 bits per heavy atom. The molecule has 0 saturated heterocycles. The third-order valence-corrected chi connectivity index (χ3v) is 5.12. The summed E-state index contributed by atoms with van der Waals surface area (Å²) in [6.45, 7) is 5.62. The number of aliphatic carboxylic acids is 1. The number of hydrogen-bond acceptors (Lipinski definition) is 5. The number of tetrazole rings is 1. The van der Waals surface area contributed by atoms with Crippen LogP contribution in [0.3, 0.4) is 0 Å². The number of hydrogen-bond donors (Lipinski definition) is 2. The normalized spacial score (nSPS) is 10.6. The predicted molar refractivity (Wildman–Crippen MR) is 121 cm³/mol. The number of aromatic amines is 1. The Kier molecular flexibility index (Phi) is 7.49. The maximum absolute atomic E-state index is 12.8. The molecule has 32 heavy (non-hydrogen) atoms. The van der Waals surface area contributed by atoms with Crippen LogP contribution in [-0.2, 0) is 16.1 Å². The summed E-state index contributed by atoms with van der Waals surface area (Å²) in [5, 5.41) is 23.8. The second kappa shape index (κ2) is 10.5. The Morgan fingerprint density at radius 3 is 2.28 bits per heavy atom. The first-order chi connectivity index (χ1) is 15.4. The first-order valence-corrected chi connectivity index (χ1v) is 10.6. The van der Waals surface area contributed by atoms with Gasteiger partial charge in [0.05, 0.1) is 6.54 Å². The van der Waals surface area contributed by atoms with E-state index in [0.717, 1.165) is 35.1 Å². The van der Waals surface area contributed by atoms with Gasteiger partial charge in [0.1, 0.15) is 5.70 Å². The zero-order chi connectivity index (χ0) is 23.1. The van der Waals surface area contributed by atoms with Crippen LogP contribution in [0, 0.1) is 0 Å². The lowest BCUT2D eigenvalue weighted by atomic mass is 9.98. The molecule has 1 heterocycles. The number of aromatic nitrogens is 4. The first kappa shape index (κ1) is 22.9. The van der Waals surface area contributed by atoms with Crippen molar-refractivity contribution in [1.82, 2.24) is 25.5 Å². The molecule has 0 unspecified atom stereocenters. The highest BCUT2D eigenvalue weighted by molar-refractivity contribution is 5.93. The smallest absolute Gasteiger partial charge is 0.352 e. The highest BCUT2D eigenvalue weighted by atomic mass is 16.4. The highest BCUT2D eigenvalue weighted by Crippen LogP contribution is 2.30. The fourth-order valence-corrected chi connectivity index (χ4v) is 3.54. The van der Waals surface area contributed by atoms with Crippen LogP contribution in [0.5, 0.6) is 0 Å². The Morgan fingerprint density at radius 2 is 1.72 bits per heavy atom. The summed E-state index contributed by atoms with van der Waals surface area (Å²) in [5.41, 5.74) is 4.28. The van der Waals surface area contributed by atoms with Crippen molar-refractivity contribution in [1.29, 1.82) is 0 Å². The Balaban J connectivity index is 1.90. The molecule has 0 aliphatic carbocycles. The van der Waals surface area contributed by atoms with Gasteiger partial charge in [-0.25, -0.2) is 9.89 Å². The third-order valence-electron chi connectivity index (χ3n) is 5.12. The number of allylic oxidation sites excluding steroid dienone is 1. The summed E-state index contributed by atoms with van der Waals surface area (Å²) < 4.78 is 0. The second-order valence-electron chi connectivity index (χ2n) is 7.73. The molecule has 0 saturated carbocycles. The summed E-state index contributed by atoms with van der Waals surface area (Å²) in [5.74, 6) is -0.703. The largest absolute Gasteiger partial charge is 0.477 e. The second-order valence-corrected chi connectivity index (χ2v) is 7.73. The fraction of sp³-hybridized carbons (Fsp3) is 0.292. The van der Waals surface area contributed by atoms with E-state index in [1.165, 1.54) is 4.90 Å². The number of rotatable bonds is 9. The Bertz CT molecular complexity index is 1100. The van der Waals surface area contributed by atoms with Gasteiger partial charge in [-0.2, -0.15) is 0 Å². The molecule has 0 bridgehead atoms. The van der Waals surface area contributed by atoms with E-state index >= 15 is 0 Å². The van der Waals surface area contributed by atoms with Crippen molar-refractivity contribution in [3.8, 4) is 22.5 Å². The minimum atomic E-state index is -1.10. The van der Waals surface area contributed by atoms with Crippen molar-refractivity contribution >= 4 is 11.9 Å². The van der Waals surface area contributed by atoms with Gasteiger partial charge in [-0.15, -0.1) is 5.10 Å². The van der Waals surface area contributed by atoms with E-state index in [4.69, 9.17) is 0 Å². The molecule has 0 fully saturated rings. The van der Waals surface area contributed by atoms with Crippen molar-refractivity contribution in [2.45, 2.75) is 46.6 Å². The minimum Gasteiger partial charge on any atom is -0.477 e. The average Bonchev–Trinajstić information content (AvgIpc) is 3.32. The van der Waals surface area contributed by atoms with Crippen LogP contribution in [-0.4, -0.2) is 42.5 Å². The molecule has 0 spiro atoms. The summed E-state index contributed by atoms with van der Waals surface area (Å²) in [7, 11) is 0.